The Balaban J connectivity index is 2.16. The number of hydrogen-bond acceptors (Lipinski definition) is 4. The Morgan fingerprint density at radius 3 is 2.19 bits per heavy atom. The number of hydrogen-bond donors (Lipinski definition) is 0. The van der Waals surface area contributed by atoms with E-state index in [4.69, 9.17) is 0 Å². The Bertz CT molecular complexity index is 523. The average molecular weight is 287 g/mol. The lowest BCUT2D eigenvalue weighted by molar-refractivity contribution is 0.205. The van der Waals surface area contributed by atoms with Gasteiger partial charge in [0, 0.05) is 13.1 Å². The Labute approximate surface area is 127 Å². The molecule has 2 aromatic rings. The first-order valence-electron chi connectivity index (χ1n) is 7.61. The lowest BCUT2D eigenvalue weighted by atomic mass is 10.1. The molecular formula is C16H25N5. The Morgan fingerprint density at radius 1 is 1.00 bits per heavy atom. The van der Waals surface area contributed by atoms with Crippen LogP contribution in [0.4, 0.5) is 0 Å². The SMILES string of the molecule is CC(C)CN(Cc1nnnn1-c1ccccc1)CC(C)C. The third-order valence-corrected chi connectivity index (χ3v) is 3.15. The monoisotopic (exact) mass is 287 g/mol. The van der Waals surface area contributed by atoms with Gasteiger partial charge in [0.15, 0.2) is 5.82 Å². The molecule has 0 amide bonds. The molecule has 2 rings (SSSR count). The van der Waals surface area contributed by atoms with Gasteiger partial charge in [-0.3, -0.25) is 4.90 Å². The Kier molecular flexibility index (Phi) is 5.44. The van der Waals surface area contributed by atoms with Gasteiger partial charge >= 0.3 is 0 Å². The summed E-state index contributed by atoms with van der Waals surface area (Å²) in [5, 5.41) is 12.2. The zero-order valence-corrected chi connectivity index (χ0v) is 13.4. The van der Waals surface area contributed by atoms with Crippen molar-refractivity contribution in [2.75, 3.05) is 13.1 Å². The second kappa shape index (κ2) is 7.31. The summed E-state index contributed by atoms with van der Waals surface area (Å²) in [7, 11) is 0. The maximum Gasteiger partial charge on any atom is 0.170 e. The summed E-state index contributed by atoms with van der Waals surface area (Å²) in [5.41, 5.74) is 1.01. The minimum atomic E-state index is 0.629. The number of tetrazole rings is 1. The topological polar surface area (TPSA) is 46.8 Å². The standard InChI is InChI=1S/C16H25N5/c1-13(2)10-20(11-14(3)4)12-16-17-18-19-21(16)15-8-6-5-7-9-15/h5-9,13-14H,10-12H2,1-4H3. The van der Waals surface area contributed by atoms with Crippen LogP contribution in [-0.4, -0.2) is 38.2 Å². The summed E-state index contributed by atoms with van der Waals surface area (Å²) in [4.78, 5) is 2.43. The summed E-state index contributed by atoms with van der Waals surface area (Å²) in [6, 6.07) is 10.0. The molecule has 5 nitrogen and oxygen atoms in total. The highest BCUT2D eigenvalue weighted by atomic mass is 15.5. The van der Waals surface area contributed by atoms with E-state index in [-0.39, 0.29) is 0 Å². The molecule has 1 aromatic heterocycles. The summed E-state index contributed by atoms with van der Waals surface area (Å²) in [6.07, 6.45) is 0. The lowest BCUT2D eigenvalue weighted by Gasteiger charge is -2.25. The van der Waals surface area contributed by atoms with Crippen LogP contribution in [0.3, 0.4) is 0 Å². The van der Waals surface area contributed by atoms with Crippen LogP contribution in [0.5, 0.6) is 0 Å². The van der Waals surface area contributed by atoms with Crippen LogP contribution in [0.15, 0.2) is 30.3 Å². The third-order valence-electron chi connectivity index (χ3n) is 3.15. The molecule has 0 N–H and O–H groups in total. The van der Waals surface area contributed by atoms with E-state index >= 15 is 0 Å². The summed E-state index contributed by atoms with van der Waals surface area (Å²) >= 11 is 0. The van der Waals surface area contributed by atoms with Gasteiger partial charge in [-0.2, -0.15) is 4.68 Å². The van der Waals surface area contributed by atoms with Crippen molar-refractivity contribution >= 4 is 0 Å². The van der Waals surface area contributed by atoms with E-state index in [0.717, 1.165) is 31.1 Å². The molecule has 0 bridgehead atoms. The molecule has 0 aliphatic rings. The van der Waals surface area contributed by atoms with Gasteiger partial charge in [0.2, 0.25) is 0 Å². The lowest BCUT2D eigenvalue weighted by Crippen LogP contribution is -2.32. The number of nitrogens with zero attached hydrogens (tertiary/aromatic N) is 5. The molecule has 0 aliphatic carbocycles. The minimum absolute atomic E-state index is 0.629. The molecule has 0 fully saturated rings. The largest absolute Gasteiger partial charge is 0.295 e. The van der Waals surface area contributed by atoms with Gasteiger partial charge in [-0.15, -0.1) is 5.10 Å². The zero-order chi connectivity index (χ0) is 15.2. The van der Waals surface area contributed by atoms with Crippen molar-refractivity contribution in [1.82, 2.24) is 25.1 Å². The van der Waals surface area contributed by atoms with Gasteiger partial charge in [-0.1, -0.05) is 45.9 Å². The maximum atomic E-state index is 4.21. The van der Waals surface area contributed by atoms with Crippen molar-refractivity contribution in [3.05, 3.63) is 36.2 Å². The van der Waals surface area contributed by atoms with Crippen LogP contribution in [0.2, 0.25) is 0 Å². The number of benzene rings is 1. The van der Waals surface area contributed by atoms with Crippen molar-refractivity contribution in [1.29, 1.82) is 0 Å². The molecule has 0 radical (unpaired) electrons. The van der Waals surface area contributed by atoms with E-state index in [2.05, 4.69) is 48.1 Å². The molecule has 1 heterocycles. The molecule has 114 valence electrons. The number of rotatable bonds is 7. The molecule has 0 aliphatic heterocycles. The van der Waals surface area contributed by atoms with Gasteiger partial charge in [0.25, 0.3) is 0 Å². The van der Waals surface area contributed by atoms with Crippen LogP contribution in [0.1, 0.15) is 33.5 Å². The third kappa shape index (κ3) is 4.63. The highest BCUT2D eigenvalue weighted by molar-refractivity contribution is 5.30. The van der Waals surface area contributed by atoms with Gasteiger partial charge in [-0.05, 0) is 34.4 Å². The second-order valence-electron chi connectivity index (χ2n) is 6.32. The summed E-state index contributed by atoms with van der Waals surface area (Å²) < 4.78 is 1.83. The van der Waals surface area contributed by atoms with E-state index in [1.54, 1.807) is 0 Å². The molecule has 0 unspecified atom stereocenters. The van der Waals surface area contributed by atoms with Crippen LogP contribution < -0.4 is 0 Å². The summed E-state index contributed by atoms with van der Waals surface area (Å²) in [5.74, 6) is 2.15. The molecule has 0 saturated carbocycles. The first kappa shape index (κ1) is 15.6. The van der Waals surface area contributed by atoms with Crippen LogP contribution >= 0.6 is 0 Å². The van der Waals surface area contributed by atoms with Crippen LogP contribution in [0, 0.1) is 11.8 Å². The maximum absolute atomic E-state index is 4.21. The highest BCUT2D eigenvalue weighted by Gasteiger charge is 2.15. The Morgan fingerprint density at radius 2 is 1.62 bits per heavy atom. The predicted octanol–water partition coefficient (Wildman–Crippen LogP) is 2.78. The fourth-order valence-corrected chi connectivity index (χ4v) is 2.51. The van der Waals surface area contributed by atoms with Gasteiger partial charge < -0.3 is 0 Å². The molecule has 0 spiro atoms. The van der Waals surface area contributed by atoms with Gasteiger partial charge in [0.05, 0.1) is 12.2 Å². The molecular weight excluding hydrogens is 262 g/mol. The predicted molar refractivity (Wildman–Crippen MR) is 84.1 cm³/mol. The Hall–Kier alpha value is -1.75. The number of aromatic nitrogens is 4. The van der Waals surface area contributed by atoms with E-state index in [1.165, 1.54) is 0 Å². The second-order valence-corrected chi connectivity index (χ2v) is 6.32. The summed E-state index contributed by atoms with van der Waals surface area (Å²) in [6.45, 7) is 11.9. The van der Waals surface area contributed by atoms with Crippen LogP contribution in [-0.2, 0) is 6.54 Å². The average Bonchev–Trinajstić information content (AvgIpc) is 2.86. The van der Waals surface area contributed by atoms with E-state index in [9.17, 15) is 0 Å². The molecule has 1 aromatic carbocycles. The molecule has 0 atom stereocenters. The first-order valence-corrected chi connectivity index (χ1v) is 7.61. The molecule has 21 heavy (non-hydrogen) atoms. The fourth-order valence-electron chi connectivity index (χ4n) is 2.51. The molecule has 5 heteroatoms. The fraction of sp³-hybridized carbons (Fsp3) is 0.562. The van der Waals surface area contributed by atoms with Crippen molar-refractivity contribution in [2.45, 2.75) is 34.2 Å². The first-order chi connectivity index (χ1) is 10.1. The zero-order valence-electron chi connectivity index (χ0n) is 13.4. The highest BCUT2D eigenvalue weighted by Crippen LogP contribution is 2.11. The van der Waals surface area contributed by atoms with Crippen molar-refractivity contribution in [3.8, 4) is 5.69 Å². The minimum Gasteiger partial charge on any atom is -0.295 e. The number of para-hydroxylation sites is 1. The quantitative estimate of drug-likeness (QED) is 0.785. The van der Waals surface area contributed by atoms with E-state index in [0.29, 0.717) is 11.8 Å². The smallest absolute Gasteiger partial charge is 0.170 e. The van der Waals surface area contributed by atoms with E-state index < -0.39 is 0 Å². The molecule has 0 saturated heterocycles. The van der Waals surface area contributed by atoms with Crippen LogP contribution in [0.25, 0.3) is 5.69 Å². The van der Waals surface area contributed by atoms with Crippen molar-refractivity contribution < 1.29 is 0 Å². The van der Waals surface area contributed by atoms with E-state index in [1.807, 2.05) is 35.0 Å². The van der Waals surface area contributed by atoms with Gasteiger partial charge in [-0.25, -0.2) is 0 Å². The van der Waals surface area contributed by atoms with Gasteiger partial charge in [0.1, 0.15) is 0 Å². The normalized spacial score (nSPS) is 11.8. The van der Waals surface area contributed by atoms with Crippen molar-refractivity contribution in [3.63, 3.8) is 0 Å². The van der Waals surface area contributed by atoms with Crippen molar-refractivity contribution in [2.24, 2.45) is 11.8 Å².